The number of non-ortho nitro benzene ring substituents is 1. The van der Waals surface area contributed by atoms with Crippen LogP contribution in [-0.4, -0.2) is 35.7 Å². The van der Waals surface area contributed by atoms with E-state index in [2.05, 4.69) is 4.90 Å². The molecule has 0 N–H and O–H groups in total. The van der Waals surface area contributed by atoms with Crippen molar-refractivity contribution in [2.75, 3.05) is 20.1 Å². The Morgan fingerprint density at radius 3 is 2.94 bits per heavy atom. The maximum atomic E-state index is 11.7. The van der Waals surface area contributed by atoms with E-state index in [-0.39, 0.29) is 11.5 Å². The van der Waals surface area contributed by atoms with Crippen molar-refractivity contribution in [1.29, 1.82) is 0 Å². The average Bonchev–Trinajstić information content (AvgIpc) is 2.34. The molecule has 0 spiro atoms. The molecule has 0 bridgehead atoms. The molecule has 18 heavy (non-hydrogen) atoms. The molecular formula is C13H14N2O3. The maximum absolute atomic E-state index is 11.7. The van der Waals surface area contributed by atoms with Gasteiger partial charge in [0, 0.05) is 37.2 Å². The standard InChI is InChI=1S/C13H14N2O3/c1-14-6-5-13(16)11(9-14)7-10-3-2-4-12(8-10)15(17)18/h2-4,7-8H,5-6,9H2,1H3/b11-7+. The van der Waals surface area contributed by atoms with E-state index in [0.717, 1.165) is 6.54 Å². The van der Waals surface area contributed by atoms with Crippen LogP contribution in [0.5, 0.6) is 0 Å². The lowest BCUT2D eigenvalue weighted by Crippen LogP contribution is -2.32. The lowest BCUT2D eigenvalue weighted by molar-refractivity contribution is -0.384. The number of nitrogens with zero attached hydrogens (tertiary/aromatic N) is 2. The van der Waals surface area contributed by atoms with Gasteiger partial charge in [-0.3, -0.25) is 14.9 Å². The zero-order valence-corrected chi connectivity index (χ0v) is 10.1. The zero-order chi connectivity index (χ0) is 13.1. The van der Waals surface area contributed by atoms with Crippen LogP contribution in [0.3, 0.4) is 0 Å². The van der Waals surface area contributed by atoms with Crippen LogP contribution in [0.25, 0.3) is 6.08 Å². The van der Waals surface area contributed by atoms with Crippen molar-refractivity contribution in [2.24, 2.45) is 0 Å². The number of rotatable bonds is 2. The highest BCUT2D eigenvalue weighted by atomic mass is 16.6. The second-order valence-electron chi connectivity index (χ2n) is 4.43. The van der Waals surface area contributed by atoms with Gasteiger partial charge < -0.3 is 4.90 Å². The quantitative estimate of drug-likeness (QED) is 0.454. The molecule has 1 fully saturated rings. The molecule has 1 aliphatic heterocycles. The number of hydrogen-bond donors (Lipinski definition) is 0. The molecule has 0 radical (unpaired) electrons. The third kappa shape index (κ3) is 2.81. The molecule has 0 aliphatic carbocycles. The van der Waals surface area contributed by atoms with E-state index in [4.69, 9.17) is 0 Å². The van der Waals surface area contributed by atoms with Gasteiger partial charge in [-0.05, 0) is 18.7 Å². The second kappa shape index (κ2) is 5.10. The molecule has 0 aromatic heterocycles. The van der Waals surface area contributed by atoms with Gasteiger partial charge in [0.05, 0.1) is 4.92 Å². The molecule has 2 rings (SSSR count). The number of Topliss-reactive ketones (excluding diaryl/α,β-unsaturated/α-hetero) is 1. The van der Waals surface area contributed by atoms with Gasteiger partial charge >= 0.3 is 0 Å². The van der Waals surface area contributed by atoms with Crippen molar-refractivity contribution >= 4 is 17.5 Å². The molecule has 0 atom stereocenters. The fourth-order valence-corrected chi connectivity index (χ4v) is 1.97. The Morgan fingerprint density at radius 1 is 1.44 bits per heavy atom. The minimum atomic E-state index is -0.434. The first-order valence-corrected chi connectivity index (χ1v) is 5.73. The summed E-state index contributed by atoms with van der Waals surface area (Å²) in [6.45, 7) is 1.37. The van der Waals surface area contributed by atoms with Crippen molar-refractivity contribution in [3.05, 3.63) is 45.5 Å². The van der Waals surface area contributed by atoms with Crippen LogP contribution >= 0.6 is 0 Å². The van der Waals surface area contributed by atoms with Crippen molar-refractivity contribution in [2.45, 2.75) is 6.42 Å². The Hall–Kier alpha value is -2.01. The number of likely N-dealkylation sites (N-methyl/N-ethyl adjacent to an activating group) is 1. The van der Waals surface area contributed by atoms with Gasteiger partial charge in [-0.15, -0.1) is 0 Å². The Balaban J connectivity index is 2.28. The summed E-state index contributed by atoms with van der Waals surface area (Å²) in [5.41, 5.74) is 1.45. The number of likely N-dealkylation sites (tertiary alicyclic amines) is 1. The summed E-state index contributed by atoms with van der Waals surface area (Å²) in [5.74, 6) is 0.125. The summed E-state index contributed by atoms with van der Waals surface area (Å²) < 4.78 is 0. The van der Waals surface area contributed by atoms with E-state index in [1.807, 2.05) is 7.05 Å². The highest BCUT2D eigenvalue weighted by molar-refractivity contribution is 6.00. The molecule has 5 nitrogen and oxygen atoms in total. The normalized spacial score (nSPS) is 19.2. The summed E-state index contributed by atoms with van der Waals surface area (Å²) in [4.78, 5) is 24.0. The van der Waals surface area contributed by atoms with E-state index < -0.39 is 4.92 Å². The van der Waals surface area contributed by atoms with Crippen molar-refractivity contribution < 1.29 is 9.72 Å². The van der Waals surface area contributed by atoms with Crippen LogP contribution in [0, 0.1) is 10.1 Å². The summed E-state index contributed by atoms with van der Waals surface area (Å²) in [7, 11) is 1.95. The molecule has 1 aromatic rings. The van der Waals surface area contributed by atoms with Crippen molar-refractivity contribution in [1.82, 2.24) is 4.90 Å². The molecule has 1 aromatic carbocycles. The summed E-state index contributed by atoms with van der Waals surface area (Å²) >= 11 is 0. The Bertz CT molecular complexity index is 523. The lowest BCUT2D eigenvalue weighted by atomic mass is 10.0. The van der Waals surface area contributed by atoms with Crippen LogP contribution in [0.1, 0.15) is 12.0 Å². The number of ketones is 1. The minimum Gasteiger partial charge on any atom is -0.302 e. The van der Waals surface area contributed by atoms with Crippen LogP contribution in [0.4, 0.5) is 5.69 Å². The SMILES string of the molecule is CN1CCC(=O)/C(=C/c2cccc([N+](=O)[O-])c2)C1. The van der Waals surface area contributed by atoms with Gasteiger partial charge in [-0.25, -0.2) is 0 Å². The first kappa shape index (κ1) is 12.4. The number of nitro benzene ring substituents is 1. The second-order valence-corrected chi connectivity index (χ2v) is 4.43. The topological polar surface area (TPSA) is 63.5 Å². The van der Waals surface area contributed by atoms with E-state index in [1.54, 1.807) is 18.2 Å². The predicted molar refractivity (Wildman–Crippen MR) is 68.2 cm³/mol. The zero-order valence-electron chi connectivity index (χ0n) is 10.1. The largest absolute Gasteiger partial charge is 0.302 e. The highest BCUT2D eigenvalue weighted by Crippen LogP contribution is 2.18. The van der Waals surface area contributed by atoms with E-state index in [1.165, 1.54) is 12.1 Å². The Kier molecular flexibility index (Phi) is 3.53. The molecule has 0 saturated carbocycles. The predicted octanol–water partition coefficient (Wildman–Crippen LogP) is 1.88. The van der Waals surface area contributed by atoms with Crippen LogP contribution in [0.15, 0.2) is 29.8 Å². The third-order valence-electron chi connectivity index (χ3n) is 2.94. The van der Waals surface area contributed by atoms with Gasteiger partial charge in [0.15, 0.2) is 5.78 Å². The molecule has 94 valence electrons. The Labute approximate surface area is 105 Å². The van der Waals surface area contributed by atoms with Crippen LogP contribution < -0.4 is 0 Å². The minimum absolute atomic E-state index is 0.0426. The summed E-state index contributed by atoms with van der Waals surface area (Å²) in [5, 5.41) is 10.7. The van der Waals surface area contributed by atoms with Crippen LogP contribution in [-0.2, 0) is 4.79 Å². The molecule has 1 heterocycles. The number of hydrogen-bond acceptors (Lipinski definition) is 4. The van der Waals surface area contributed by atoms with Crippen molar-refractivity contribution in [3.63, 3.8) is 0 Å². The number of carbonyl (C=O) groups is 1. The average molecular weight is 246 g/mol. The molecule has 1 aliphatic rings. The van der Waals surface area contributed by atoms with Gasteiger partial charge in [0.1, 0.15) is 0 Å². The molecule has 5 heteroatoms. The molecule has 1 saturated heterocycles. The van der Waals surface area contributed by atoms with Crippen molar-refractivity contribution in [3.8, 4) is 0 Å². The third-order valence-corrected chi connectivity index (χ3v) is 2.94. The maximum Gasteiger partial charge on any atom is 0.270 e. The summed E-state index contributed by atoms with van der Waals surface area (Å²) in [6, 6.07) is 6.31. The van der Waals surface area contributed by atoms with Crippen LogP contribution in [0.2, 0.25) is 0 Å². The number of benzene rings is 1. The molecular weight excluding hydrogens is 232 g/mol. The van der Waals surface area contributed by atoms with Gasteiger partial charge in [0.25, 0.3) is 5.69 Å². The smallest absolute Gasteiger partial charge is 0.270 e. The molecule has 0 amide bonds. The monoisotopic (exact) mass is 246 g/mol. The number of nitro groups is 1. The fraction of sp³-hybridized carbons (Fsp3) is 0.308. The van der Waals surface area contributed by atoms with Gasteiger partial charge in [-0.2, -0.15) is 0 Å². The van der Waals surface area contributed by atoms with E-state index in [0.29, 0.717) is 24.1 Å². The summed E-state index contributed by atoms with van der Waals surface area (Å²) in [6.07, 6.45) is 2.25. The van der Waals surface area contributed by atoms with E-state index >= 15 is 0 Å². The highest BCUT2D eigenvalue weighted by Gasteiger charge is 2.18. The lowest BCUT2D eigenvalue weighted by Gasteiger charge is -2.23. The number of carbonyl (C=O) groups excluding carboxylic acids is 1. The fourth-order valence-electron chi connectivity index (χ4n) is 1.97. The Morgan fingerprint density at radius 2 is 2.22 bits per heavy atom. The first-order valence-electron chi connectivity index (χ1n) is 5.73. The molecule has 0 unspecified atom stereocenters. The van der Waals surface area contributed by atoms with E-state index in [9.17, 15) is 14.9 Å². The first-order chi connectivity index (χ1) is 8.56. The number of piperidine rings is 1. The van der Waals surface area contributed by atoms with Gasteiger partial charge in [0.2, 0.25) is 0 Å². The van der Waals surface area contributed by atoms with Gasteiger partial charge in [-0.1, -0.05) is 12.1 Å².